The van der Waals surface area contributed by atoms with Crippen LogP contribution in [0.25, 0.3) is 0 Å². The van der Waals surface area contributed by atoms with Gasteiger partial charge in [-0.05, 0) is 6.42 Å². The third-order valence-electron chi connectivity index (χ3n) is 1.76. The smallest absolute Gasteiger partial charge is 0.264 e. The monoisotopic (exact) mass is 253 g/mol. The Labute approximate surface area is 129 Å². The van der Waals surface area contributed by atoms with Crippen LogP contribution < -0.4 is 0 Å². The van der Waals surface area contributed by atoms with Crippen molar-refractivity contribution in [2.45, 2.75) is 45.4 Å². The maximum Gasteiger partial charge on any atom is 0.264 e. The Balaban J connectivity index is -0.000000605. The molecule has 14 heavy (non-hydrogen) atoms. The fourth-order valence-electron chi connectivity index (χ4n) is 1.06. The van der Waals surface area contributed by atoms with Gasteiger partial charge in [0.25, 0.3) is 10.1 Å². The molecule has 6 heteroatoms. The van der Waals surface area contributed by atoms with E-state index in [2.05, 4.69) is 6.92 Å². The first kappa shape index (κ1) is 20.8. The minimum absolute atomic E-state index is 0. The van der Waals surface area contributed by atoms with Gasteiger partial charge in [0.1, 0.15) is 0 Å². The van der Waals surface area contributed by atoms with Crippen LogP contribution in [-0.2, 0) is 10.1 Å². The van der Waals surface area contributed by atoms with Gasteiger partial charge in [-0.3, -0.25) is 9.26 Å². The topological polar surface area (TPSA) is 54.4 Å². The second-order valence-electron chi connectivity index (χ2n) is 3.05. The summed E-state index contributed by atoms with van der Waals surface area (Å²) in [5, 5.41) is 0. The van der Waals surface area contributed by atoms with Crippen molar-refractivity contribution in [1.29, 1.82) is 0 Å². The van der Waals surface area contributed by atoms with Gasteiger partial charge in [0.05, 0.1) is 5.75 Å². The van der Waals surface area contributed by atoms with E-state index in [1.54, 1.807) is 0 Å². The van der Waals surface area contributed by atoms with E-state index in [4.69, 9.17) is 4.55 Å². The summed E-state index contributed by atoms with van der Waals surface area (Å²) in [5.74, 6) is -0.0842. The van der Waals surface area contributed by atoms with Crippen LogP contribution in [0.5, 0.6) is 0 Å². The maximum absolute atomic E-state index is 10.3. The Morgan fingerprint density at radius 1 is 1.00 bits per heavy atom. The summed E-state index contributed by atoms with van der Waals surface area (Å²) in [6.07, 6.45) is 6.14. The quantitative estimate of drug-likeness (QED) is 0.429. The Hall–Kier alpha value is 1.48. The van der Waals surface area contributed by atoms with Gasteiger partial charge in [0.2, 0.25) is 0 Å². The van der Waals surface area contributed by atoms with Crippen molar-refractivity contribution < 1.29 is 17.7 Å². The molecule has 83 valence electrons. The molecule has 0 aromatic heterocycles. The molecule has 0 rings (SSSR count). The molecule has 0 aliphatic heterocycles. The second-order valence-corrected chi connectivity index (χ2v) is 4.63. The zero-order chi connectivity index (χ0) is 9.45. The summed E-state index contributed by atoms with van der Waals surface area (Å²) < 4.78 is 28.9. The molecule has 0 saturated heterocycles. The molecule has 0 heterocycles. The summed E-state index contributed by atoms with van der Waals surface area (Å²) in [5.41, 5.74) is 0. The third-order valence-corrected chi connectivity index (χ3v) is 2.56. The van der Waals surface area contributed by atoms with E-state index >= 15 is 0 Å². The average molecular weight is 253 g/mol. The molecule has 0 fully saturated rings. The Morgan fingerprint density at radius 3 is 1.86 bits per heavy atom. The predicted octanol–water partition coefficient (Wildman–Crippen LogP) is 2.01. The van der Waals surface area contributed by atoms with Crippen molar-refractivity contribution >= 4 is 61.5 Å². The third kappa shape index (κ3) is 19.1. The summed E-state index contributed by atoms with van der Waals surface area (Å²) >= 11 is 0. The number of halogens is 1. The van der Waals surface area contributed by atoms with Crippen LogP contribution in [0.2, 0.25) is 0 Å². The molecule has 0 aromatic carbocycles. The summed E-state index contributed by atoms with van der Waals surface area (Å²) in [6.45, 7) is 2.14. The fourth-order valence-corrected chi connectivity index (χ4v) is 1.63. The molecule has 0 aliphatic rings. The van der Waals surface area contributed by atoms with Crippen LogP contribution in [0.15, 0.2) is 0 Å². The standard InChI is InChI=1S/C8H18O3S.FH.K/c1-2-3-4-5-6-7-8-12(9,10)11;;/h2-8H2,1H3,(H,9,10,11);1H;. The van der Waals surface area contributed by atoms with Gasteiger partial charge >= 0.3 is 0 Å². The molecule has 0 saturated carbocycles. The summed E-state index contributed by atoms with van der Waals surface area (Å²) in [6, 6.07) is 0. The fraction of sp³-hybridized carbons (Fsp3) is 1.00. The maximum atomic E-state index is 10.3. The van der Waals surface area contributed by atoms with Crippen LogP contribution in [-0.4, -0.2) is 70.1 Å². The van der Waals surface area contributed by atoms with Crippen LogP contribution in [0, 0.1) is 0 Å². The molecule has 0 aromatic rings. The molecular weight excluding hydrogens is 234 g/mol. The molecule has 0 amide bonds. The van der Waals surface area contributed by atoms with Crippen molar-refractivity contribution in [3.05, 3.63) is 0 Å². The number of hydrogen-bond donors (Lipinski definition) is 1. The van der Waals surface area contributed by atoms with E-state index in [1.807, 2.05) is 0 Å². The largest absolute Gasteiger partial charge is 0.286 e. The minimum atomic E-state index is -3.72. The first-order chi connectivity index (χ1) is 5.56. The molecule has 0 atom stereocenters. The van der Waals surface area contributed by atoms with E-state index < -0.39 is 10.1 Å². The summed E-state index contributed by atoms with van der Waals surface area (Å²) in [7, 11) is -3.72. The van der Waals surface area contributed by atoms with Crippen LogP contribution in [0.4, 0.5) is 4.70 Å². The van der Waals surface area contributed by atoms with Crippen LogP contribution >= 0.6 is 0 Å². The number of hydrogen-bond acceptors (Lipinski definition) is 2. The number of rotatable bonds is 7. The zero-order valence-electron chi connectivity index (χ0n) is 9.03. The SMILES string of the molecule is CCCCCCCCS(=O)(=O)O.F.[K]. The average Bonchev–Trinajstić information content (AvgIpc) is 1.94. The molecule has 0 bridgehead atoms. The predicted molar refractivity (Wildman–Crippen MR) is 58.0 cm³/mol. The minimum Gasteiger partial charge on any atom is -0.286 e. The van der Waals surface area contributed by atoms with Crippen molar-refractivity contribution in [3.63, 3.8) is 0 Å². The van der Waals surface area contributed by atoms with E-state index in [9.17, 15) is 8.42 Å². The van der Waals surface area contributed by atoms with Crippen LogP contribution in [0.3, 0.4) is 0 Å². The van der Waals surface area contributed by atoms with E-state index in [1.165, 1.54) is 19.3 Å². The first-order valence-corrected chi connectivity index (χ1v) is 6.12. The van der Waals surface area contributed by atoms with Gasteiger partial charge in [-0.1, -0.05) is 39.0 Å². The van der Waals surface area contributed by atoms with Crippen molar-refractivity contribution in [2.75, 3.05) is 5.75 Å². The molecule has 0 unspecified atom stereocenters. The second kappa shape index (κ2) is 12.5. The molecule has 0 spiro atoms. The number of unbranched alkanes of at least 4 members (excludes halogenated alkanes) is 5. The Kier molecular flexibility index (Phi) is 18.7. The Morgan fingerprint density at radius 2 is 1.43 bits per heavy atom. The van der Waals surface area contributed by atoms with Gasteiger partial charge in [0, 0.05) is 51.4 Å². The van der Waals surface area contributed by atoms with Crippen molar-refractivity contribution in [3.8, 4) is 0 Å². The Bertz CT molecular complexity index is 195. The zero-order valence-corrected chi connectivity index (χ0v) is 13.0. The molecule has 1 radical (unpaired) electrons. The van der Waals surface area contributed by atoms with Gasteiger partial charge in [-0.15, -0.1) is 0 Å². The van der Waals surface area contributed by atoms with Gasteiger partial charge in [0.15, 0.2) is 0 Å². The molecule has 3 nitrogen and oxygen atoms in total. The first-order valence-electron chi connectivity index (χ1n) is 4.51. The van der Waals surface area contributed by atoms with E-state index in [0.29, 0.717) is 6.42 Å². The van der Waals surface area contributed by atoms with Gasteiger partial charge in [-0.2, -0.15) is 8.42 Å². The molecule has 1 N–H and O–H groups in total. The van der Waals surface area contributed by atoms with E-state index in [-0.39, 0.29) is 61.8 Å². The normalized spacial score (nSPS) is 10.1. The summed E-state index contributed by atoms with van der Waals surface area (Å²) in [4.78, 5) is 0. The van der Waals surface area contributed by atoms with Gasteiger partial charge in [-0.25, -0.2) is 0 Å². The van der Waals surface area contributed by atoms with Gasteiger partial charge < -0.3 is 0 Å². The van der Waals surface area contributed by atoms with Crippen molar-refractivity contribution in [1.82, 2.24) is 0 Å². The van der Waals surface area contributed by atoms with Crippen molar-refractivity contribution in [2.24, 2.45) is 0 Å². The van der Waals surface area contributed by atoms with Crippen LogP contribution in [0.1, 0.15) is 45.4 Å². The molecule has 0 aliphatic carbocycles. The molecular formula is C8H19FKO3S. The van der Waals surface area contributed by atoms with E-state index in [0.717, 1.165) is 12.8 Å².